The van der Waals surface area contributed by atoms with Gasteiger partial charge < -0.3 is 15.2 Å². The van der Waals surface area contributed by atoms with Crippen molar-refractivity contribution < 1.29 is 24.2 Å². The first-order valence-electron chi connectivity index (χ1n) is 7.42. The summed E-state index contributed by atoms with van der Waals surface area (Å²) in [5.41, 5.74) is 0. The molecule has 1 aliphatic rings. The molecule has 0 aliphatic heterocycles. The Kier molecular flexibility index (Phi) is 6.18. The second-order valence-corrected chi connectivity index (χ2v) is 6.05. The number of nitrogens with one attached hydrogen (secondary N) is 1. The van der Waals surface area contributed by atoms with Gasteiger partial charge in [0.15, 0.2) is 0 Å². The lowest BCUT2D eigenvalue weighted by molar-refractivity contribution is -0.149. The molecule has 2 N–H and O–H groups in total. The van der Waals surface area contributed by atoms with Gasteiger partial charge in [0.2, 0.25) is 5.91 Å². The molecule has 0 bridgehead atoms. The van der Waals surface area contributed by atoms with E-state index in [1.165, 1.54) is 7.11 Å². The number of hydrogen-bond donors (Lipinski definition) is 2. The maximum atomic E-state index is 12.4. The van der Waals surface area contributed by atoms with Crippen molar-refractivity contribution in [2.24, 2.45) is 23.7 Å². The zero-order valence-corrected chi connectivity index (χ0v) is 13.1. The fraction of sp³-hybridized carbons (Fsp3) is 0.800. The molecule has 1 fully saturated rings. The Morgan fingerprint density at radius 2 is 1.81 bits per heavy atom. The minimum atomic E-state index is -0.940. The van der Waals surface area contributed by atoms with Crippen molar-refractivity contribution in [2.45, 2.75) is 46.1 Å². The Labute approximate surface area is 125 Å². The predicted molar refractivity (Wildman–Crippen MR) is 76.4 cm³/mol. The van der Waals surface area contributed by atoms with Gasteiger partial charge >= 0.3 is 11.9 Å². The number of carboxylic acid groups (broad SMARTS) is 1. The van der Waals surface area contributed by atoms with E-state index in [4.69, 9.17) is 0 Å². The second kappa shape index (κ2) is 7.43. The van der Waals surface area contributed by atoms with Gasteiger partial charge in [-0.15, -0.1) is 0 Å². The summed E-state index contributed by atoms with van der Waals surface area (Å²) in [5, 5.41) is 11.9. The fourth-order valence-electron chi connectivity index (χ4n) is 2.92. The van der Waals surface area contributed by atoms with Crippen molar-refractivity contribution in [3.05, 3.63) is 0 Å². The summed E-state index contributed by atoms with van der Waals surface area (Å²) >= 11 is 0. The smallest absolute Gasteiger partial charge is 0.328 e. The zero-order chi connectivity index (χ0) is 16.2. The monoisotopic (exact) mass is 299 g/mol. The van der Waals surface area contributed by atoms with Gasteiger partial charge in [0.25, 0.3) is 0 Å². The summed E-state index contributed by atoms with van der Waals surface area (Å²) in [6.07, 6.45) is 1.94. The number of hydrogen-bond acceptors (Lipinski definition) is 4. The van der Waals surface area contributed by atoms with Crippen molar-refractivity contribution in [2.75, 3.05) is 7.11 Å². The number of carbonyl (C=O) groups is 3. The van der Waals surface area contributed by atoms with Gasteiger partial charge in [-0.25, -0.2) is 4.79 Å². The molecule has 0 radical (unpaired) electrons. The van der Waals surface area contributed by atoms with Crippen LogP contribution in [0, 0.1) is 23.7 Å². The number of ether oxygens (including phenoxy) is 1. The first-order chi connectivity index (χ1) is 9.81. The third-order valence-electron chi connectivity index (χ3n) is 4.31. The molecule has 1 saturated carbocycles. The van der Waals surface area contributed by atoms with Gasteiger partial charge in [0.1, 0.15) is 6.04 Å². The van der Waals surface area contributed by atoms with Crippen molar-refractivity contribution in [3.63, 3.8) is 0 Å². The highest BCUT2D eigenvalue weighted by Gasteiger charge is 2.43. The number of methoxy groups -OCH3 is 1. The Hall–Kier alpha value is -1.59. The Bertz CT molecular complexity index is 407. The van der Waals surface area contributed by atoms with E-state index in [1.54, 1.807) is 13.8 Å². The van der Waals surface area contributed by atoms with E-state index in [9.17, 15) is 19.5 Å². The van der Waals surface area contributed by atoms with Crippen LogP contribution in [0.1, 0.15) is 40.0 Å². The molecule has 0 saturated heterocycles. The highest BCUT2D eigenvalue weighted by molar-refractivity contribution is 5.89. The van der Waals surface area contributed by atoms with Crippen LogP contribution in [-0.2, 0) is 19.1 Å². The van der Waals surface area contributed by atoms with E-state index < -0.39 is 29.8 Å². The van der Waals surface area contributed by atoms with E-state index in [0.717, 1.165) is 6.42 Å². The largest absolute Gasteiger partial charge is 0.481 e. The van der Waals surface area contributed by atoms with Crippen LogP contribution in [-0.4, -0.2) is 36.1 Å². The first kappa shape index (κ1) is 17.5. The SMILES string of the molecule is CCC1CC(C(=O)O)C(C(=O)N[C@H](C(=O)OC)C(C)C)C1. The van der Waals surface area contributed by atoms with Crippen LogP contribution in [0.15, 0.2) is 0 Å². The average molecular weight is 299 g/mol. The van der Waals surface area contributed by atoms with Crippen LogP contribution in [0.5, 0.6) is 0 Å². The summed E-state index contributed by atoms with van der Waals surface area (Å²) in [6.45, 7) is 5.61. The van der Waals surface area contributed by atoms with E-state index >= 15 is 0 Å². The van der Waals surface area contributed by atoms with Crippen LogP contribution in [0.25, 0.3) is 0 Å². The molecular weight excluding hydrogens is 274 g/mol. The summed E-state index contributed by atoms with van der Waals surface area (Å²) in [7, 11) is 1.27. The summed E-state index contributed by atoms with van der Waals surface area (Å²) in [4.78, 5) is 35.4. The Balaban J connectivity index is 2.80. The third kappa shape index (κ3) is 4.19. The molecule has 4 atom stereocenters. The van der Waals surface area contributed by atoms with Crippen LogP contribution >= 0.6 is 0 Å². The first-order valence-corrected chi connectivity index (χ1v) is 7.42. The minimum absolute atomic E-state index is 0.118. The second-order valence-electron chi connectivity index (χ2n) is 6.05. The highest BCUT2D eigenvalue weighted by Crippen LogP contribution is 2.38. The number of esters is 1. The van der Waals surface area contributed by atoms with Gasteiger partial charge in [-0.05, 0) is 24.7 Å². The molecular formula is C15H25NO5. The topological polar surface area (TPSA) is 92.7 Å². The van der Waals surface area contributed by atoms with Crippen LogP contribution in [0.3, 0.4) is 0 Å². The summed E-state index contributed by atoms with van der Waals surface area (Å²) < 4.78 is 4.68. The lowest BCUT2D eigenvalue weighted by Crippen LogP contribution is -2.48. The Morgan fingerprint density at radius 1 is 1.24 bits per heavy atom. The normalized spacial score (nSPS) is 26.4. The lowest BCUT2D eigenvalue weighted by atomic mass is 9.94. The molecule has 0 aromatic carbocycles. The lowest BCUT2D eigenvalue weighted by Gasteiger charge is -2.23. The Morgan fingerprint density at radius 3 is 2.24 bits per heavy atom. The van der Waals surface area contributed by atoms with Gasteiger partial charge in [-0.3, -0.25) is 9.59 Å². The summed E-state index contributed by atoms with van der Waals surface area (Å²) in [6, 6.07) is -0.738. The van der Waals surface area contributed by atoms with E-state index in [0.29, 0.717) is 12.8 Å². The molecule has 3 unspecified atom stereocenters. The van der Waals surface area contributed by atoms with Gasteiger partial charge in [-0.1, -0.05) is 27.2 Å². The van der Waals surface area contributed by atoms with Crippen molar-refractivity contribution in [1.29, 1.82) is 0 Å². The van der Waals surface area contributed by atoms with Crippen LogP contribution in [0.2, 0.25) is 0 Å². The minimum Gasteiger partial charge on any atom is -0.481 e. The third-order valence-corrected chi connectivity index (χ3v) is 4.31. The molecule has 6 nitrogen and oxygen atoms in total. The molecule has 0 aromatic rings. The van der Waals surface area contributed by atoms with Crippen molar-refractivity contribution >= 4 is 17.8 Å². The van der Waals surface area contributed by atoms with E-state index in [-0.39, 0.29) is 17.7 Å². The molecule has 0 heterocycles. The quantitative estimate of drug-likeness (QED) is 0.724. The highest BCUT2D eigenvalue weighted by atomic mass is 16.5. The maximum Gasteiger partial charge on any atom is 0.328 e. The van der Waals surface area contributed by atoms with Gasteiger partial charge in [0.05, 0.1) is 18.9 Å². The van der Waals surface area contributed by atoms with Crippen LogP contribution < -0.4 is 5.32 Å². The molecule has 1 aliphatic carbocycles. The molecule has 1 rings (SSSR count). The molecule has 0 spiro atoms. The van der Waals surface area contributed by atoms with E-state index in [1.807, 2.05) is 6.92 Å². The summed E-state index contributed by atoms with van der Waals surface area (Å²) in [5.74, 6) is -2.91. The predicted octanol–water partition coefficient (Wildman–Crippen LogP) is 1.44. The zero-order valence-electron chi connectivity index (χ0n) is 13.1. The van der Waals surface area contributed by atoms with Crippen molar-refractivity contribution in [1.82, 2.24) is 5.32 Å². The number of aliphatic carboxylic acids is 1. The number of carboxylic acids is 1. The number of rotatable bonds is 6. The van der Waals surface area contributed by atoms with Gasteiger partial charge in [-0.2, -0.15) is 0 Å². The standard InChI is InChI=1S/C15H25NO5/c1-5-9-6-10(11(7-9)14(18)19)13(17)16-12(8(2)3)15(20)21-4/h8-12H,5-7H2,1-4H3,(H,16,17)(H,18,19)/t9?,10?,11?,12-/m0/s1. The molecule has 1 amide bonds. The van der Waals surface area contributed by atoms with E-state index in [2.05, 4.69) is 10.1 Å². The molecule has 120 valence electrons. The maximum absolute atomic E-state index is 12.4. The molecule has 21 heavy (non-hydrogen) atoms. The van der Waals surface area contributed by atoms with Gasteiger partial charge in [0, 0.05) is 0 Å². The average Bonchev–Trinajstić information content (AvgIpc) is 2.87. The fourth-order valence-corrected chi connectivity index (χ4v) is 2.92. The number of carbonyl (C=O) groups excluding carboxylic acids is 2. The number of amides is 1. The molecule has 0 aromatic heterocycles. The molecule has 6 heteroatoms. The van der Waals surface area contributed by atoms with Crippen LogP contribution in [0.4, 0.5) is 0 Å². The van der Waals surface area contributed by atoms with Crippen molar-refractivity contribution in [3.8, 4) is 0 Å².